The summed E-state index contributed by atoms with van der Waals surface area (Å²) in [7, 11) is -1.79. The van der Waals surface area contributed by atoms with Crippen molar-refractivity contribution in [1.29, 1.82) is 0 Å². The van der Waals surface area contributed by atoms with Crippen molar-refractivity contribution in [3.05, 3.63) is 29.8 Å². The third kappa shape index (κ3) is 3.20. The number of hydrogen-bond acceptors (Lipinski definition) is 4. The third-order valence-corrected chi connectivity index (χ3v) is 5.73. The molecule has 90 valence electrons. The van der Waals surface area contributed by atoms with Crippen LogP contribution in [0.1, 0.15) is 11.7 Å². The fourth-order valence-corrected chi connectivity index (χ4v) is 2.12. The molecule has 0 saturated carbocycles. The van der Waals surface area contributed by atoms with Gasteiger partial charge in [0, 0.05) is 6.26 Å². The topological polar surface area (TPSA) is 63.6 Å². The number of methoxy groups -OCH3 is 1. The van der Waals surface area contributed by atoms with Gasteiger partial charge in [-0.1, -0.05) is 28.1 Å². The predicted molar refractivity (Wildman–Crippen MR) is 65.5 cm³/mol. The van der Waals surface area contributed by atoms with Gasteiger partial charge in [-0.25, -0.2) is 8.42 Å². The van der Waals surface area contributed by atoms with E-state index in [4.69, 9.17) is 4.74 Å². The molecular formula is C10H13BrO4S. The van der Waals surface area contributed by atoms with Crippen LogP contribution >= 0.6 is 15.9 Å². The zero-order valence-corrected chi connectivity index (χ0v) is 11.3. The highest BCUT2D eigenvalue weighted by Crippen LogP contribution is 2.27. The average Bonchev–Trinajstić information content (AvgIpc) is 2.26. The molecule has 6 heteroatoms. The molecule has 0 aromatic heterocycles. The van der Waals surface area contributed by atoms with Crippen molar-refractivity contribution in [3.8, 4) is 5.75 Å². The second-order valence-corrected chi connectivity index (χ2v) is 7.16. The fraction of sp³-hybridized carbons (Fsp3) is 0.400. The molecule has 0 fully saturated rings. The maximum absolute atomic E-state index is 11.2. The van der Waals surface area contributed by atoms with Crippen molar-refractivity contribution in [2.24, 2.45) is 0 Å². The van der Waals surface area contributed by atoms with E-state index in [2.05, 4.69) is 15.9 Å². The lowest BCUT2D eigenvalue weighted by atomic mass is 10.1. The third-order valence-electron chi connectivity index (χ3n) is 2.11. The van der Waals surface area contributed by atoms with Gasteiger partial charge in [0.2, 0.25) is 0 Å². The summed E-state index contributed by atoms with van der Waals surface area (Å²) in [6.07, 6.45) is -0.0278. The first-order chi connectivity index (χ1) is 7.36. The molecule has 0 radical (unpaired) electrons. The summed E-state index contributed by atoms with van der Waals surface area (Å²) < 4.78 is 26.4. The Morgan fingerprint density at radius 1 is 1.31 bits per heavy atom. The van der Waals surface area contributed by atoms with Gasteiger partial charge >= 0.3 is 0 Å². The van der Waals surface area contributed by atoms with Crippen molar-refractivity contribution in [2.45, 2.75) is 10.3 Å². The molecule has 2 atom stereocenters. The molecule has 0 heterocycles. The van der Waals surface area contributed by atoms with E-state index in [1.54, 1.807) is 24.3 Å². The molecule has 0 spiro atoms. The molecule has 0 aliphatic carbocycles. The Labute approximate surface area is 103 Å². The first-order valence-electron chi connectivity index (χ1n) is 4.51. The smallest absolute Gasteiger partial charge is 0.163 e. The lowest BCUT2D eigenvalue weighted by Crippen LogP contribution is -2.21. The van der Waals surface area contributed by atoms with E-state index in [0.717, 1.165) is 6.26 Å². The maximum Gasteiger partial charge on any atom is 0.163 e. The second kappa shape index (κ2) is 5.16. The summed E-state index contributed by atoms with van der Waals surface area (Å²) in [5.41, 5.74) is 0.521. The Morgan fingerprint density at radius 2 is 1.81 bits per heavy atom. The zero-order valence-electron chi connectivity index (χ0n) is 8.92. The Kier molecular flexibility index (Phi) is 4.35. The van der Waals surface area contributed by atoms with E-state index >= 15 is 0 Å². The van der Waals surface area contributed by atoms with Crippen LogP contribution in [0.15, 0.2) is 24.3 Å². The Hall–Kier alpha value is -0.590. The number of hydrogen-bond donors (Lipinski definition) is 1. The number of alkyl halides is 1. The van der Waals surface area contributed by atoms with Crippen LogP contribution in [-0.4, -0.2) is 31.0 Å². The van der Waals surface area contributed by atoms with Gasteiger partial charge in [-0.05, 0) is 17.7 Å². The van der Waals surface area contributed by atoms with Gasteiger partial charge in [0.05, 0.1) is 7.11 Å². The zero-order chi connectivity index (χ0) is 12.3. The monoisotopic (exact) mass is 308 g/mol. The Morgan fingerprint density at radius 3 is 2.19 bits per heavy atom. The Balaban J connectivity index is 2.92. The predicted octanol–water partition coefficient (Wildman–Crippen LogP) is 1.49. The highest BCUT2D eigenvalue weighted by Gasteiger charge is 2.27. The number of benzene rings is 1. The second-order valence-electron chi connectivity index (χ2n) is 3.40. The SMILES string of the molecule is COc1ccc([C@@H](O)[C@H](Br)S(C)(=O)=O)cc1. The summed E-state index contributed by atoms with van der Waals surface area (Å²) >= 11 is 2.97. The molecule has 0 amide bonds. The molecule has 4 nitrogen and oxygen atoms in total. The summed E-state index contributed by atoms with van der Waals surface area (Å²) in [5.74, 6) is 0.654. The molecule has 1 aromatic rings. The van der Waals surface area contributed by atoms with Gasteiger partial charge in [0.25, 0.3) is 0 Å². The van der Waals surface area contributed by atoms with Gasteiger partial charge in [-0.15, -0.1) is 0 Å². The maximum atomic E-state index is 11.2. The van der Waals surface area contributed by atoms with E-state index in [9.17, 15) is 13.5 Å². The van der Waals surface area contributed by atoms with Gasteiger partial charge in [-0.2, -0.15) is 0 Å². The molecule has 1 N–H and O–H groups in total. The molecule has 0 aliphatic heterocycles. The molecule has 0 aliphatic rings. The highest BCUT2D eigenvalue weighted by atomic mass is 79.9. The van der Waals surface area contributed by atoms with Crippen molar-refractivity contribution in [3.63, 3.8) is 0 Å². The summed E-state index contributed by atoms with van der Waals surface area (Å²) in [6, 6.07) is 6.59. The van der Waals surface area contributed by atoms with Crippen molar-refractivity contribution < 1.29 is 18.3 Å². The minimum Gasteiger partial charge on any atom is -0.497 e. The van der Waals surface area contributed by atoms with Crippen LogP contribution in [0.2, 0.25) is 0 Å². The van der Waals surface area contributed by atoms with E-state index in [1.807, 2.05) is 0 Å². The van der Waals surface area contributed by atoms with E-state index in [-0.39, 0.29) is 0 Å². The van der Waals surface area contributed by atoms with E-state index in [1.165, 1.54) is 7.11 Å². The molecular weight excluding hydrogens is 296 g/mol. The quantitative estimate of drug-likeness (QED) is 0.856. The van der Waals surface area contributed by atoms with Crippen LogP contribution in [0.3, 0.4) is 0 Å². The van der Waals surface area contributed by atoms with Crippen LogP contribution in [-0.2, 0) is 9.84 Å². The molecule has 0 saturated heterocycles. The van der Waals surface area contributed by atoms with Crippen LogP contribution in [0.4, 0.5) is 0 Å². The standard InChI is InChI=1S/C10H13BrO4S/c1-15-8-5-3-7(4-6-8)9(12)10(11)16(2,13)14/h3-6,9-10,12H,1-2H3/t9-,10-/m1/s1. The minimum absolute atomic E-state index is 0.521. The molecule has 1 rings (SSSR count). The van der Waals surface area contributed by atoms with Crippen molar-refractivity contribution in [1.82, 2.24) is 0 Å². The van der Waals surface area contributed by atoms with Crippen LogP contribution in [0, 0.1) is 0 Å². The molecule has 0 bridgehead atoms. The minimum atomic E-state index is -3.33. The van der Waals surface area contributed by atoms with Gasteiger partial charge < -0.3 is 9.84 Å². The van der Waals surface area contributed by atoms with Crippen molar-refractivity contribution in [2.75, 3.05) is 13.4 Å². The largest absolute Gasteiger partial charge is 0.497 e. The fourth-order valence-electron chi connectivity index (χ4n) is 1.19. The lowest BCUT2D eigenvalue weighted by Gasteiger charge is -2.16. The van der Waals surface area contributed by atoms with Gasteiger partial charge in [-0.3, -0.25) is 0 Å². The summed E-state index contributed by atoms with van der Waals surface area (Å²) in [4.78, 5) is 0. The van der Waals surface area contributed by atoms with E-state index in [0.29, 0.717) is 11.3 Å². The van der Waals surface area contributed by atoms with Gasteiger partial charge in [0.1, 0.15) is 16.0 Å². The molecule has 16 heavy (non-hydrogen) atoms. The number of aliphatic hydroxyl groups is 1. The number of rotatable bonds is 4. The van der Waals surface area contributed by atoms with E-state index < -0.39 is 20.1 Å². The normalized spacial score (nSPS) is 15.5. The van der Waals surface area contributed by atoms with Gasteiger partial charge in [0.15, 0.2) is 9.84 Å². The summed E-state index contributed by atoms with van der Waals surface area (Å²) in [5, 5.41) is 9.82. The van der Waals surface area contributed by atoms with Crippen LogP contribution in [0.25, 0.3) is 0 Å². The van der Waals surface area contributed by atoms with Crippen LogP contribution < -0.4 is 4.74 Å². The first-order valence-corrected chi connectivity index (χ1v) is 7.38. The van der Waals surface area contributed by atoms with Crippen LogP contribution in [0.5, 0.6) is 5.75 Å². The van der Waals surface area contributed by atoms with Crippen molar-refractivity contribution >= 4 is 25.8 Å². The summed E-state index contributed by atoms with van der Waals surface area (Å²) in [6.45, 7) is 0. The average molecular weight is 309 g/mol. The number of ether oxygens (including phenoxy) is 1. The first kappa shape index (κ1) is 13.5. The Bertz CT molecular complexity index is 440. The number of aliphatic hydroxyl groups excluding tert-OH is 1. The highest BCUT2D eigenvalue weighted by molar-refractivity contribution is 9.11. The number of halogens is 1. The lowest BCUT2D eigenvalue weighted by molar-refractivity contribution is 0.195. The molecule has 1 aromatic carbocycles. The molecule has 0 unspecified atom stereocenters. The number of sulfone groups is 1.